The third-order valence-electron chi connectivity index (χ3n) is 4.96. The first kappa shape index (κ1) is 17.2. The van der Waals surface area contributed by atoms with Crippen molar-refractivity contribution in [3.8, 4) is 0 Å². The second kappa shape index (κ2) is 6.68. The summed E-state index contributed by atoms with van der Waals surface area (Å²) in [6, 6.07) is 7.15. The number of amides is 2. The van der Waals surface area contributed by atoms with E-state index in [9.17, 15) is 9.59 Å². The van der Waals surface area contributed by atoms with Gasteiger partial charge in [-0.2, -0.15) is 5.10 Å². The van der Waals surface area contributed by atoms with E-state index in [1.165, 1.54) is 0 Å². The molecule has 25 heavy (non-hydrogen) atoms. The topological polar surface area (TPSA) is 93.2 Å². The highest BCUT2D eigenvalue weighted by atomic mass is 16.2. The Labute approximate surface area is 146 Å². The second-order valence-electron chi connectivity index (χ2n) is 6.51. The predicted molar refractivity (Wildman–Crippen MR) is 93.7 cm³/mol. The van der Waals surface area contributed by atoms with Gasteiger partial charge in [0, 0.05) is 49.9 Å². The number of aryl methyl sites for hydroxylation is 1. The summed E-state index contributed by atoms with van der Waals surface area (Å²) >= 11 is 0. The van der Waals surface area contributed by atoms with Crippen molar-refractivity contribution >= 4 is 11.8 Å². The van der Waals surface area contributed by atoms with Gasteiger partial charge < -0.3 is 16.0 Å². The highest BCUT2D eigenvalue weighted by molar-refractivity contribution is 5.92. The largest absolute Gasteiger partial charge is 0.366 e. The number of benzene rings is 1. The summed E-state index contributed by atoms with van der Waals surface area (Å²) in [4.78, 5) is 25.3. The number of nitrogens with one attached hydrogen (secondary N) is 1. The first-order valence-electron chi connectivity index (χ1n) is 8.24. The van der Waals surface area contributed by atoms with Crippen LogP contribution in [0.15, 0.2) is 30.5 Å². The summed E-state index contributed by atoms with van der Waals surface area (Å²) in [5.74, 6) is -0.335. The zero-order chi connectivity index (χ0) is 18.1. The third kappa shape index (κ3) is 3.28. The summed E-state index contributed by atoms with van der Waals surface area (Å²) < 4.78 is 1.82. The molecule has 0 radical (unpaired) electrons. The molecule has 132 valence electrons. The van der Waals surface area contributed by atoms with Crippen molar-refractivity contribution in [3.05, 3.63) is 52.8 Å². The van der Waals surface area contributed by atoms with Crippen molar-refractivity contribution in [1.82, 2.24) is 20.0 Å². The lowest BCUT2D eigenvalue weighted by Crippen LogP contribution is -2.35. The molecule has 7 heteroatoms. The number of primary amides is 1. The van der Waals surface area contributed by atoms with E-state index in [2.05, 4.69) is 10.4 Å². The number of hydrogen-bond donors (Lipinski definition) is 2. The van der Waals surface area contributed by atoms with Crippen molar-refractivity contribution in [2.24, 2.45) is 12.8 Å². The third-order valence-corrected chi connectivity index (χ3v) is 4.96. The van der Waals surface area contributed by atoms with E-state index in [-0.39, 0.29) is 18.0 Å². The molecule has 1 aliphatic heterocycles. The molecule has 1 aromatic carbocycles. The zero-order valence-electron chi connectivity index (χ0n) is 14.7. The van der Waals surface area contributed by atoms with E-state index < -0.39 is 5.91 Å². The molecule has 0 aliphatic carbocycles. The average molecular weight is 341 g/mol. The minimum Gasteiger partial charge on any atom is -0.366 e. The van der Waals surface area contributed by atoms with Crippen LogP contribution in [0, 0.1) is 6.92 Å². The minimum absolute atomic E-state index is 0.0161. The number of nitrogens with zero attached hydrogens (tertiary/aromatic N) is 3. The molecule has 1 saturated heterocycles. The van der Waals surface area contributed by atoms with Crippen LogP contribution in [0.2, 0.25) is 0 Å². The number of hydrogen-bond acceptors (Lipinski definition) is 4. The fourth-order valence-electron chi connectivity index (χ4n) is 3.37. The lowest BCUT2D eigenvalue weighted by molar-refractivity contribution is -0.127. The van der Waals surface area contributed by atoms with E-state index in [0.717, 1.165) is 16.8 Å². The summed E-state index contributed by atoms with van der Waals surface area (Å²) in [6.07, 6.45) is 2.27. The average Bonchev–Trinajstić information content (AvgIpc) is 3.06. The van der Waals surface area contributed by atoms with Gasteiger partial charge >= 0.3 is 0 Å². The highest BCUT2D eigenvalue weighted by Gasteiger charge is 2.39. The number of carbonyl (C=O) groups excluding carboxylic acids is 2. The SMILES string of the molecule is Cc1c([C@H]2[C@H](NCc3cccc(C(N)=O)c3)CC(=O)N2C)cnn1C. The van der Waals surface area contributed by atoms with Crippen molar-refractivity contribution < 1.29 is 9.59 Å². The van der Waals surface area contributed by atoms with Crippen molar-refractivity contribution in [1.29, 1.82) is 0 Å². The molecular formula is C18H23N5O2. The van der Waals surface area contributed by atoms with Crippen LogP contribution >= 0.6 is 0 Å². The molecule has 0 unspecified atom stereocenters. The lowest BCUT2D eigenvalue weighted by Gasteiger charge is -2.25. The molecule has 2 heterocycles. The Balaban J connectivity index is 1.78. The molecule has 3 rings (SSSR count). The van der Waals surface area contributed by atoms with Gasteiger partial charge in [-0.25, -0.2) is 0 Å². The maximum atomic E-state index is 12.2. The van der Waals surface area contributed by atoms with Crippen LogP contribution in [0.3, 0.4) is 0 Å². The van der Waals surface area contributed by atoms with Gasteiger partial charge in [-0.05, 0) is 24.6 Å². The van der Waals surface area contributed by atoms with E-state index in [1.807, 2.05) is 44.0 Å². The highest BCUT2D eigenvalue weighted by Crippen LogP contribution is 2.33. The number of rotatable bonds is 5. The minimum atomic E-state index is -0.443. The maximum Gasteiger partial charge on any atom is 0.248 e. The van der Waals surface area contributed by atoms with E-state index in [1.54, 1.807) is 17.0 Å². The molecule has 2 atom stereocenters. The Bertz CT molecular complexity index is 814. The van der Waals surface area contributed by atoms with Gasteiger partial charge in [-0.1, -0.05) is 12.1 Å². The number of likely N-dealkylation sites (tertiary alicyclic amines) is 1. The van der Waals surface area contributed by atoms with Crippen LogP contribution in [0.5, 0.6) is 0 Å². The quantitative estimate of drug-likeness (QED) is 0.844. The fraction of sp³-hybridized carbons (Fsp3) is 0.389. The Morgan fingerprint density at radius 1 is 1.40 bits per heavy atom. The standard InChI is InChI=1S/C18H23N5O2/c1-11-14(10-21-23(11)3)17-15(8-16(24)22(17)2)20-9-12-5-4-6-13(7-12)18(19)25/h4-7,10,15,17,20H,8-9H2,1-3H3,(H2,19,25)/t15-,17+/m1/s1. The lowest BCUT2D eigenvalue weighted by atomic mass is 10.0. The van der Waals surface area contributed by atoms with E-state index in [0.29, 0.717) is 18.5 Å². The molecule has 1 aromatic heterocycles. The van der Waals surface area contributed by atoms with Crippen LogP contribution < -0.4 is 11.1 Å². The second-order valence-corrected chi connectivity index (χ2v) is 6.51. The van der Waals surface area contributed by atoms with Gasteiger partial charge in [0.2, 0.25) is 11.8 Å². The maximum absolute atomic E-state index is 12.2. The van der Waals surface area contributed by atoms with Gasteiger partial charge in [0.1, 0.15) is 0 Å². The van der Waals surface area contributed by atoms with Crippen LogP contribution in [0.1, 0.15) is 39.6 Å². The van der Waals surface area contributed by atoms with Crippen LogP contribution in [-0.2, 0) is 18.4 Å². The molecule has 1 fully saturated rings. The normalized spacial score (nSPS) is 20.3. The number of likely N-dealkylation sites (N-methyl/N-ethyl adjacent to an activating group) is 1. The van der Waals surface area contributed by atoms with Gasteiger partial charge in [0.15, 0.2) is 0 Å². The Kier molecular flexibility index (Phi) is 4.59. The molecule has 2 aromatic rings. The smallest absolute Gasteiger partial charge is 0.248 e. The van der Waals surface area contributed by atoms with Crippen molar-refractivity contribution in [2.75, 3.05) is 7.05 Å². The Morgan fingerprint density at radius 2 is 2.16 bits per heavy atom. The summed E-state index contributed by atoms with van der Waals surface area (Å²) in [7, 11) is 3.72. The summed E-state index contributed by atoms with van der Waals surface area (Å²) in [6.45, 7) is 2.56. The molecular weight excluding hydrogens is 318 g/mol. The molecule has 0 saturated carbocycles. The predicted octanol–water partition coefficient (Wildman–Crippen LogP) is 0.889. The zero-order valence-corrected chi connectivity index (χ0v) is 14.7. The molecule has 7 nitrogen and oxygen atoms in total. The Hall–Kier alpha value is -2.67. The number of nitrogens with two attached hydrogens (primary N) is 1. The molecule has 1 aliphatic rings. The molecule has 0 bridgehead atoms. The molecule has 0 spiro atoms. The van der Waals surface area contributed by atoms with Crippen molar-refractivity contribution in [2.45, 2.75) is 32.0 Å². The molecule has 3 N–H and O–H groups in total. The number of aromatic nitrogens is 2. The van der Waals surface area contributed by atoms with Gasteiger partial charge in [0.25, 0.3) is 0 Å². The number of carbonyl (C=O) groups is 2. The first-order valence-corrected chi connectivity index (χ1v) is 8.24. The van der Waals surface area contributed by atoms with Gasteiger partial charge in [-0.3, -0.25) is 14.3 Å². The first-order chi connectivity index (χ1) is 11.9. The molecule has 2 amide bonds. The van der Waals surface area contributed by atoms with E-state index in [4.69, 9.17) is 5.73 Å². The Morgan fingerprint density at radius 3 is 2.80 bits per heavy atom. The summed E-state index contributed by atoms with van der Waals surface area (Å²) in [5, 5.41) is 7.76. The summed E-state index contributed by atoms with van der Waals surface area (Å²) in [5.41, 5.74) is 8.88. The van der Waals surface area contributed by atoms with Gasteiger partial charge in [-0.15, -0.1) is 0 Å². The monoisotopic (exact) mass is 341 g/mol. The van der Waals surface area contributed by atoms with Crippen LogP contribution in [0.25, 0.3) is 0 Å². The van der Waals surface area contributed by atoms with Gasteiger partial charge in [0.05, 0.1) is 12.2 Å². The van der Waals surface area contributed by atoms with Crippen molar-refractivity contribution in [3.63, 3.8) is 0 Å². The van der Waals surface area contributed by atoms with E-state index >= 15 is 0 Å². The van der Waals surface area contributed by atoms with Crippen LogP contribution in [-0.4, -0.2) is 39.6 Å². The fourth-order valence-corrected chi connectivity index (χ4v) is 3.37. The van der Waals surface area contributed by atoms with Crippen LogP contribution in [0.4, 0.5) is 0 Å².